The summed E-state index contributed by atoms with van der Waals surface area (Å²) in [5.74, 6) is 1.21. The van der Waals surface area contributed by atoms with Crippen LogP contribution in [0.3, 0.4) is 0 Å². The van der Waals surface area contributed by atoms with Crippen LogP contribution in [0.2, 0.25) is 0 Å². The quantitative estimate of drug-likeness (QED) is 0.323. The summed E-state index contributed by atoms with van der Waals surface area (Å²) in [5.41, 5.74) is 2.30. The lowest BCUT2D eigenvalue weighted by molar-refractivity contribution is 0.0709. The van der Waals surface area contributed by atoms with Crippen molar-refractivity contribution in [3.63, 3.8) is 0 Å². The highest BCUT2D eigenvalue weighted by molar-refractivity contribution is 7.98. The van der Waals surface area contributed by atoms with Gasteiger partial charge < -0.3 is 24.8 Å². The smallest absolute Gasteiger partial charge is 0.275 e. The Labute approximate surface area is 218 Å². The Bertz CT molecular complexity index is 1270. The van der Waals surface area contributed by atoms with Crippen LogP contribution in [-0.4, -0.2) is 60.4 Å². The highest BCUT2D eigenvalue weighted by Crippen LogP contribution is 2.40. The number of aromatic nitrogens is 1. The standard InChI is InChI=1S/C26H29N3O5S2/c1-15-13-17(30)5-7-19(15)27-24(31)20-14-36-25(28-20)16-9-11-29(12-10-16)26(32)18-6-8-21(33-2)23(35-4)22(18)34-3/h5-8,13-14,16,30H,9-12H2,1-4H3,(H,27,31). The van der Waals surface area contributed by atoms with Crippen molar-refractivity contribution >= 4 is 40.6 Å². The lowest BCUT2D eigenvalue weighted by atomic mass is 9.97. The minimum Gasteiger partial charge on any atom is -0.508 e. The molecule has 0 atom stereocenters. The number of piperidine rings is 1. The van der Waals surface area contributed by atoms with Crippen molar-refractivity contribution < 1.29 is 24.2 Å². The van der Waals surface area contributed by atoms with Gasteiger partial charge in [0.1, 0.15) is 22.9 Å². The molecule has 36 heavy (non-hydrogen) atoms. The molecule has 0 radical (unpaired) electrons. The minimum atomic E-state index is -0.282. The van der Waals surface area contributed by atoms with Crippen LogP contribution in [0.5, 0.6) is 17.2 Å². The molecule has 190 valence electrons. The zero-order valence-electron chi connectivity index (χ0n) is 20.7. The third kappa shape index (κ3) is 5.29. The Morgan fingerprint density at radius 1 is 1.17 bits per heavy atom. The van der Waals surface area contributed by atoms with Crippen molar-refractivity contribution in [1.29, 1.82) is 0 Å². The maximum absolute atomic E-state index is 13.3. The second-order valence-corrected chi connectivity index (χ2v) is 10.2. The van der Waals surface area contributed by atoms with E-state index in [-0.39, 0.29) is 23.5 Å². The van der Waals surface area contributed by atoms with Crippen LogP contribution < -0.4 is 14.8 Å². The molecule has 3 aromatic rings. The molecule has 0 spiro atoms. The van der Waals surface area contributed by atoms with Crippen molar-refractivity contribution in [2.24, 2.45) is 0 Å². The van der Waals surface area contributed by atoms with Crippen molar-refractivity contribution in [2.45, 2.75) is 30.6 Å². The number of nitrogens with one attached hydrogen (secondary N) is 1. The van der Waals surface area contributed by atoms with Gasteiger partial charge in [-0.05, 0) is 61.9 Å². The van der Waals surface area contributed by atoms with E-state index < -0.39 is 0 Å². The number of thiazole rings is 1. The van der Waals surface area contributed by atoms with Crippen molar-refractivity contribution in [2.75, 3.05) is 38.9 Å². The Morgan fingerprint density at radius 3 is 2.56 bits per heavy atom. The number of carbonyl (C=O) groups is 2. The van der Waals surface area contributed by atoms with E-state index in [0.717, 1.165) is 28.3 Å². The van der Waals surface area contributed by atoms with Gasteiger partial charge in [0.2, 0.25) is 0 Å². The highest BCUT2D eigenvalue weighted by Gasteiger charge is 2.29. The molecule has 0 saturated carbocycles. The number of amides is 2. The number of phenolic OH excluding ortho intramolecular Hbond substituents is 1. The number of carbonyl (C=O) groups excluding carboxylic acids is 2. The molecule has 1 saturated heterocycles. The summed E-state index contributed by atoms with van der Waals surface area (Å²) in [6.07, 6.45) is 3.46. The third-order valence-corrected chi connectivity index (χ3v) is 8.08. The molecule has 2 heterocycles. The molecule has 0 aliphatic carbocycles. The van der Waals surface area contributed by atoms with E-state index in [9.17, 15) is 14.7 Å². The molecule has 1 aliphatic heterocycles. The number of anilines is 1. The van der Waals surface area contributed by atoms with Gasteiger partial charge in [-0.2, -0.15) is 0 Å². The molecule has 0 bridgehead atoms. The predicted molar refractivity (Wildman–Crippen MR) is 142 cm³/mol. The van der Waals surface area contributed by atoms with Gasteiger partial charge in [-0.1, -0.05) is 0 Å². The number of rotatable bonds is 7. The van der Waals surface area contributed by atoms with Crippen LogP contribution in [0.15, 0.2) is 40.6 Å². The summed E-state index contributed by atoms with van der Waals surface area (Å²) in [7, 11) is 3.17. The Morgan fingerprint density at radius 2 is 1.92 bits per heavy atom. The summed E-state index contributed by atoms with van der Waals surface area (Å²) >= 11 is 2.95. The number of phenols is 1. The molecule has 10 heteroatoms. The van der Waals surface area contributed by atoms with E-state index in [0.29, 0.717) is 41.5 Å². The van der Waals surface area contributed by atoms with Crippen LogP contribution >= 0.6 is 23.1 Å². The number of ether oxygens (including phenoxy) is 2. The van der Waals surface area contributed by atoms with Crippen LogP contribution in [0.1, 0.15) is 50.2 Å². The topological polar surface area (TPSA) is 101 Å². The predicted octanol–water partition coefficient (Wildman–Crippen LogP) is 5.17. The lowest BCUT2D eigenvalue weighted by Crippen LogP contribution is -2.38. The Hall–Kier alpha value is -3.24. The molecular formula is C26H29N3O5S2. The maximum Gasteiger partial charge on any atom is 0.275 e. The van der Waals surface area contributed by atoms with Gasteiger partial charge in [0.05, 0.1) is 29.7 Å². The first-order chi connectivity index (χ1) is 17.4. The maximum atomic E-state index is 13.3. The summed E-state index contributed by atoms with van der Waals surface area (Å²) in [6.45, 7) is 3.02. The van der Waals surface area contributed by atoms with Crippen LogP contribution in [0.4, 0.5) is 5.69 Å². The van der Waals surface area contributed by atoms with Crippen molar-refractivity contribution in [3.05, 3.63) is 57.5 Å². The van der Waals surface area contributed by atoms with Crippen LogP contribution in [-0.2, 0) is 0 Å². The highest BCUT2D eigenvalue weighted by atomic mass is 32.2. The van der Waals surface area contributed by atoms with Gasteiger partial charge in [-0.15, -0.1) is 23.1 Å². The van der Waals surface area contributed by atoms with Gasteiger partial charge >= 0.3 is 0 Å². The summed E-state index contributed by atoms with van der Waals surface area (Å²) in [5, 5.41) is 15.1. The third-order valence-electron chi connectivity index (χ3n) is 6.28. The number of hydrogen-bond donors (Lipinski definition) is 2. The Balaban J connectivity index is 1.40. The van der Waals surface area contributed by atoms with Gasteiger partial charge in [0.25, 0.3) is 11.8 Å². The second-order valence-electron chi connectivity index (χ2n) is 8.47. The zero-order valence-corrected chi connectivity index (χ0v) is 22.3. The van der Waals surface area contributed by atoms with E-state index in [1.54, 1.807) is 43.9 Å². The molecule has 4 rings (SSSR count). The first-order valence-electron chi connectivity index (χ1n) is 11.5. The molecule has 2 amide bonds. The first kappa shape index (κ1) is 25.8. The molecule has 2 aromatic carbocycles. The zero-order chi connectivity index (χ0) is 25.8. The fourth-order valence-corrected chi connectivity index (χ4v) is 6.03. The Kier molecular flexibility index (Phi) is 8.05. The largest absolute Gasteiger partial charge is 0.508 e. The molecule has 1 aliphatic rings. The minimum absolute atomic E-state index is 0.0632. The number of aryl methyl sites for hydroxylation is 1. The number of methoxy groups -OCH3 is 2. The van der Waals surface area contributed by atoms with Gasteiger partial charge in [-0.3, -0.25) is 9.59 Å². The normalized spacial score (nSPS) is 13.9. The average molecular weight is 528 g/mol. The molecule has 2 N–H and O–H groups in total. The van der Waals surface area contributed by atoms with Crippen LogP contribution in [0, 0.1) is 6.92 Å². The second kappa shape index (κ2) is 11.2. The number of likely N-dealkylation sites (tertiary alicyclic amines) is 1. The molecule has 8 nitrogen and oxygen atoms in total. The van der Waals surface area contributed by atoms with Crippen molar-refractivity contribution in [1.82, 2.24) is 9.88 Å². The average Bonchev–Trinajstić information content (AvgIpc) is 3.39. The van der Waals surface area contributed by atoms with Crippen molar-refractivity contribution in [3.8, 4) is 17.2 Å². The number of aromatic hydroxyl groups is 1. The van der Waals surface area contributed by atoms with E-state index in [4.69, 9.17) is 9.47 Å². The van der Waals surface area contributed by atoms with Crippen LogP contribution in [0.25, 0.3) is 0 Å². The van der Waals surface area contributed by atoms with E-state index in [1.165, 1.54) is 29.2 Å². The summed E-state index contributed by atoms with van der Waals surface area (Å²) in [4.78, 5) is 33.3. The summed E-state index contributed by atoms with van der Waals surface area (Å²) < 4.78 is 11.0. The fourth-order valence-electron chi connectivity index (χ4n) is 4.32. The molecule has 1 aromatic heterocycles. The van der Waals surface area contributed by atoms with E-state index in [2.05, 4.69) is 10.3 Å². The van der Waals surface area contributed by atoms with E-state index >= 15 is 0 Å². The lowest BCUT2D eigenvalue weighted by Gasteiger charge is -2.31. The number of hydrogen-bond acceptors (Lipinski definition) is 8. The SMILES string of the molecule is COc1ccc(C(=O)N2CCC(c3nc(C(=O)Nc4ccc(O)cc4C)cs3)CC2)c(OC)c1SC. The van der Waals surface area contributed by atoms with E-state index in [1.807, 2.05) is 18.1 Å². The number of nitrogens with zero attached hydrogens (tertiary/aromatic N) is 2. The first-order valence-corrected chi connectivity index (χ1v) is 13.6. The van der Waals surface area contributed by atoms with Gasteiger partial charge in [0, 0.05) is 30.1 Å². The molecule has 1 fully saturated rings. The fraction of sp³-hybridized carbons (Fsp3) is 0.346. The summed E-state index contributed by atoms with van der Waals surface area (Å²) in [6, 6.07) is 8.36. The monoisotopic (exact) mass is 527 g/mol. The van der Waals surface area contributed by atoms with Gasteiger partial charge in [0.15, 0.2) is 0 Å². The molecule has 0 unspecified atom stereocenters. The van der Waals surface area contributed by atoms with Gasteiger partial charge in [-0.25, -0.2) is 4.98 Å². The number of benzene rings is 2. The number of thioether (sulfide) groups is 1. The molecular weight excluding hydrogens is 498 g/mol.